The molecule has 6 heteroatoms. The van der Waals surface area contributed by atoms with Gasteiger partial charge in [-0.3, -0.25) is 14.6 Å². The van der Waals surface area contributed by atoms with Crippen LogP contribution in [0.5, 0.6) is 5.75 Å². The minimum absolute atomic E-state index is 0.120. The number of rotatable bonds is 6. The third kappa shape index (κ3) is 4.53. The first-order chi connectivity index (χ1) is 15.1. The summed E-state index contributed by atoms with van der Waals surface area (Å²) in [5.41, 5.74) is 3.44. The summed E-state index contributed by atoms with van der Waals surface area (Å²) in [4.78, 5) is 31.9. The molecular weight excluding hydrogens is 390 g/mol. The van der Waals surface area contributed by atoms with Crippen molar-refractivity contribution in [3.63, 3.8) is 0 Å². The quantitative estimate of drug-likeness (QED) is 0.666. The Morgan fingerprint density at radius 2 is 1.94 bits per heavy atom. The second-order valence-electron chi connectivity index (χ2n) is 7.86. The predicted octanol–water partition coefficient (Wildman–Crippen LogP) is 3.55. The van der Waals surface area contributed by atoms with E-state index in [1.54, 1.807) is 14.2 Å². The van der Waals surface area contributed by atoms with Gasteiger partial charge in [0.2, 0.25) is 5.91 Å². The molecule has 0 spiro atoms. The molecule has 6 nitrogen and oxygen atoms in total. The fourth-order valence-electron chi connectivity index (χ4n) is 4.16. The molecule has 1 aliphatic rings. The number of hydrogen-bond acceptors (Lipinski definition) is 4. The van der Waals surface area contributed by atoms with Crippen molar-refractivity contribution in [1.82, 2.24) is 15.2 Å². The first-order valence-electron chi connectivity index (χ1n) is 10.6. The number of ether oxygens (including phenoxy) is 1. The molecule has 1 aliphatic heterocycles. The normalized spacial score (nSPS) is 15.8. The molecule has 2 aromatic carbocycles. The Morgan fingerprint density at radius 3 is 2.68 bits per heavy atom. The van der Waals surface area contributed by atoms with E-state index in [9.17, 15) is 9.59 Å². The van der Waals surface area contributed by atoms with Gasteiger partial charge in [-0.2, -0.15) is 0 Å². The van der Waals surface area contributed by atoms with E-state index < -0.39 is 0 Å². The van der Waals surface area contributed by atoms with E-state index in [2.05, 4.69) is 5.32 Å². The summed E-state index contributed by atoms with van der Waals surface area (Å²) in [6.07, 6.45) is 2.04. The highest BCUT2D eigenvalue weighted by Gasteiger charge is 2.29. The second-order valence-corrected chi connectivity index (χ2v) is 7.86. The lowest BCUT2D eigenvalue weighted by molar-refractivity contribution is -0.130. The number of pyridine rings is 1. The van der Waals surface area contributed by atoms with Crippen LogP contribution in [0.1, 0.15) is 40.4 Å². The molecule has 1 N–H and O–H groups in total. The molecule has 1 saturated heterocycles. The molecule has 1 aromatic heterocycles. The SMILES string of the molecule is CNC(=O)c1cc(C2CCN(C(=O)CCc3ccc(OC)cc3)C2)nc2ccccc12. The number of benzene rings is 2. The van der Waals surface area contributed by atoms with Crippen LogP contribution in [0, 0.1) is 0 Å². The Bertz CT molecular complexity index is 1090. The minimum atomic E-state index is -0.120. The Morgan fingerprint density at radius 1 is 1.16 bits per heavy atom. The Kier molecular flexibility index (Phi) is 6.16. The van der Waals surface area contributed by atoms with Gasteiger partial charge in [0.05, 0.1) is 18.2 Å². The van der Waals surface area contributed by atoms with E-state index in [0.717, 1.165) is 40.9 Å². The third-order valence-corrected chi connectivity index (χ3v) is 5.95. The van der Waals surface area contributed by atoms with Crippen molar-refractivity contribution < 1.29 is 14.3 Å². The first kappa shape index (κ1) is 20.8. The highest BCUT2D eigenvalue weighted by atomic mass is 16.5. The number of hydrogen-bond donors (Lipinski definition) is 1. The topological polar surface area (TPSA) is 71.5 Å². The van der Waals surface area contributed by atoms with Crippen molar-refractivity contribution in [2.24, 2.45) is 0 Å². The van der Waals surface area contributed by atoms with Gasteiger partial charge in [-0.05, 0) is 42.7 Å². The van der Waals surface area contributed by atoms with Crippen LogP contribution in [-0.4, -0.2) is 48.9 Å². The molecule has 3 aromatic rings. The molecule has 2 heterocycles. The van der Waals surface area contributed by atoms with E-state index in [4.69, 9.17) is 9.72 Å². The fraction of sp³-hybridized carbons (Fsp3) is 0.320. The van der Waals surface area contributed by atoms with Gasteiger partial charge >= 0.3 is 0 Å². The summed E-state index contributed by atoms with van der Waals surface area (Å²) >= 11 is 0. The van der Waals surface area contributed by atoms with Crippen LogP contribution in [-0.2, 0) is 11.2 Å². The van der Waals surface area contributed by atoms with Crippen molar-refractivity contribution in [3.8, 4) is 5.75 Å². The van der Waals surface area contributed by atoms with E-state index >= 15 is 0 Å². The molecule has 0 bridgehead atoms. The zero-order valence-corrected chi connectivity index (χ0v) is 17.9. The number of carbonyl (C=O) groups excluding carboxylic acids is 2. The molecule has 4 rings (SSSR count). The number of fused-ring (bicyclic) bond motifs is 1. The van der Waals surface area contributed by atoms with Gasteiger partial charge in [-0.1, -0.05) is 30.3 Å². The molecule has 1 fully saturated rings. The van der Waals surface area contributed by atoms with Crippen LogP contribution >= 0.6 is 0 Å². The maximum absolute atomic E-state index is 12.8. The number of para-hydroxylation sites is 1. The summed E-state index contributed by atoms with van der Waals surface area (Å²) in [5.74, 6) is 0.991. The van der Waals surface area contributed by atoms with Crippen molar-refractivity contribution in [1.29, 1.82) is 0 Å². The van der Waals surface area contributed by atoms with Crippen molar-refractivity contribution in [2.45, 2.75) is 25.2 Å². The van der Waals surface area contributed by atoms with Gasteiger partial charge in [0, 0.05) is 43.6 Å². The summed E-state index contributed by atoms with van der Waals surface area (Å²) < 4.78 is 5.18. The van der Waals surface area contributed by atoms with Crippen molar-refractivity contribution in [3.05, 3.63) is 71.4 Å². The highest BCUT2D eigenvalue weighted by Crippen LogP contribution is 2.30. The average Bonchev–Trinajstić information content (AvgIpc) is 3.32. The largest absolute Gasteiger partial charge is 0.497 e. The number of aromatic nitrogens is 1. The number of amides is 2. The monoisotopic (exact) mass is 417 g/mol. The lowest BCUT2D eigenvalue weighted by Crippen LogP contribution is -2.28. The number of nitrogens with zero attached hydrogens (tertiary/aromatic N) is 2. The number of methoxy groups -OCH3 is 1. The second kappa shape index (κ2) is 9.16. The van der Waals surface area contributed by atoms with Crippen LogP contribution < -0.4 is 10.1 Å². The van der Waals surface area contributed by atoms with Gasteiger partial charge in [-0.25, -0.2) is 0 Å². The first-order valence-corrected chi connectivity index (χ1v) is 10.6. The molecule has 160 valence electrons. The molecule has 2 amide bonds. The Hall–Kier alpha value is -3.41. The van der Waals surface area contributed by atoms with Gasteiger partial charge in [-0.15, -0.1) is 0 Å². The molecular formula is C25H27N3O3. The summed E-state index contributed by atoms with van der Waals surface area (Å²) in [6, 6.07) is 17.4. The Balaban J connectivity index is 1.45. The van der Waals surface area contributed by atoms with E-state index in [1.165, 1.54) is 0 Å². The summed E-state index contributed by atoms with van der Waals surface area (Å²) in [5, 5.41) is 3.56. The molecule has 1 atom stereocenters. The standard InChI is InChI=1S/C25H27N3O3/c1-26-25(30)21-15-23(27-22-6-4-3-5-20(21)22)18-13-14-28(16-18)24(29)12-9-17-7-10-19(31-2)11-8-17/h3-8,10-11,15,18H,9,12-14,16H2,1-2H3,(H,26,30). The lowest BCUT2D eigenvalue weighted by atomic mass is 9.99. The average molecular weight is 418 g/mol. The predicted molar refractivity (Wildman–Crippen MR) is 120 cm³/mol. The minimum Gasteiger partial charge on any atom is -0.497 e. The Labute approximate surface area is 182 Å². The van der Waals surface area contributed by atoms with Crippen molar-refractivity contribution in [2.75, 3.05) is 27.2 Å². The van der Waals surface area contributed by atoms with Gasteiger partial charge in [0.15, 0.2) is 0 Å². The van der Waals surface area contributed by atoms with Gasteiger partial charge in [0.1, 0.15) is 5.75 Å². The van der Waals surface area contributed by atoms with Crippen LogP contribution in [0.2, 0.25) is 0 Å². The van der Waals surface area contributed by atoms with Gasteiger partial charge in [0.25, 0.3) is 5.91 Å². The van der Waals surface area contributed by atoms with E-state index in [-0.39, 0.29) is 17.7 Å². The molecule has 0 saturated carbocycles. The van der Waals surface area contributed by atoms with Crippen LogP contribution in [0.3, 0.4) is 0 Å². The zero-order chi connectivity index (χ0) is 21.8. The fourth-order valence-corrected chi connectivity index (χ4v) is 4.16. The lowest BCUT2D eigenvalue weighted by Gasteiger charge is -2.17. The van der Waals surface area contributed by atoms with E-state index in [0.29, 0.717) is 24.9 Å². The number of carbonyl (C=O) groups is 2. The number of likely N-dealkylation sites (tertiary alicyclic amines) is 1. The van der Waals surface area contributed by atoms with Crippen molar-refractivity contribution >= 4 is 22.7 Å². The number of aryl methyl sites for hydroxylation is 1. The maximum atomic E-state index is 12.8. The van der Waals surface area contributed by atoms with E-state index in [1.807, 2.05) is 59.5 Å². The summed E-state index contributed by atoms with van der Waals surface area (Å²) in [6.45, 7) is 1.36. The molecule has 31 heavy (non-hydrogen) atoms. The molecule has 0 aliphatic carbocycles. The number of nitrogens with one attached hydrogen (secondary N) is 1. The maximum Gasteiger partial charge on any atom is 0.251 e. The van der Waals surface area contributed by atoms with Crippen LogP contribution in [0.15, 0.2) is 54.6 Å². The van der Waals surface area contributed by atoms with Crippen LogP contribution in [0.4, 0.5) is 0 Å². The highest BCUT2D eigenvalue weighted by molar-refractivity contribution is 6.06. The molecule has 0 radical (unpaired) electrons. The van der Waals surface area contributed by atoms with Gasteiger partial charge < -0.3 is 15.0 Å². The third-order valence-electron chi connectivity index (χ3n) is 5.95. The summed E-state index contributed by atoms with van der Waals surface area (Å²) in [7, 11) is 3.28. The zero-order valence-electron chi connectivity index (χ0n) is 17.9. The molecule has 1 unspecified atom stereocenters. The smallest absolute Gasteiger partial charge is 0.251 e. The van der Waals surface area contributed by atoms with Crippen LogP contribution in [0.25, 0.3) is 10.9 Å².